The fraction of sp³-hybridized carbons (Fsp3) is 0.176. The molecule has 27 heavy (non-hydrogen) atoms. The number of aromatic nitrogens is 4. The largest absolute Gasteiger partial charge is 0.322 e. The second-order valence-corrected chi connectivity index (χ2v) is 7.30. The standard InChI is InChI=1S/C17H18N6O3S/c1-3-23-12(2)15(11-20-23)16(24)21-13-5-7-14(8-6-13)27(25,26)22-17-18-9-4-10-19-17/h4-11H,3H2,1-2H3,(H,21,24)(H,18,19,22). The van der Waals surface area contributed by atoms with E-state index in [1.165, 1.54) is 42.9 Å². The van der Waals surface area contributed by atoms with E-state index in [0.717, 1.165) is 5.69 Å². The van der Waals surface area contributed by atoms with Crippen LogP contribution in [0.15, 0.2) is 53.8 Å². The number of amides is 1. The summed E-state index contributed by atoms with van der Waals surface area (Å²) in [6.45, 7) is 4.43. The van der Waals surface area contributed by atoms with Crippen molar-refractivity contribution in [1.29, 1.82) is 0 Å². The first kappa shape index (κ1) is 18.5. The van der Waals surface area contributed by atoms with Crippen molar-refractivity contribution >= 4 is 27.6 Å². The van der Waals surface area contributed by atoms with Crippen LogP contribution in [0.4, 0.5) is 11.6 Å². The van der Waals surface area contributed by atoms with E-state index >= 15 is 0 Å². The maximum atomic E-state index is 12.4. The zero-order chi connectivity index (χ0) is 19.4. The van der Waals surface area contributed by atoms with E-state index in [1.54, 1.807) is 10.7 Å². The van der Waals surface area contributed by atoms with Crippen molar-refractivity contribution in [2.75, 3.05) is 10.0 Å². The monoisotopic (exact) mass is 386 g/mol. The molecule has 0 aliphatic carbocycles. The lowest BCUT2D eigenvalue weighted by atomic mass is 10.2. The average Bonchev–Trinajstić information content (AvgIpc) is 3.03. The van der Waals surface area contributed by atoms with Crippen molar-refractivity contribution in [3.63, 3.8) is 0 Å². The van der Waals surface area contributed by atoms with Gasteiger partial charge in [-0.25, -0.2) is 23.1 Å². The van der Waals surface area contributed by atoms with Gasteiger partial charge in [-0.1, -0.05) is 0 Å². The number of aryl methyl sites for hydroxylation is 1. The molecule has 2 aromatic heterocycles. The molecule has 2 N–H and O–H groups in total. The molecule has 0 spiro atoms. The summed E-state index contributed by atoms with van der Waals surface area (Å²) in [6, 6.07) is 7.39. The van der Waals surface area contributed by atoms with Crippen molar-refractivity contribution < 1.29 is 13.2 Å². The zero-order valence-corrected chi connectivity index (χ0v) is 15.6. The quantitative estimate of drug-likeness (QED) is 0.669. The number of carbonyl (C=O) groups excluding carboxylic acids is 1. The Morgan fingerprint density at radius 3 is 2.41 bits per heavy atom. The highest BCUT2D eigenvalue weighted by molar-refractivity contribution is 7.92. The van der Waals surface area contributed by atoms with Gasteiger partial charge in [0.1, 0.15) is 0 Å². The van der Waals surface area contributed by atoms with Gasteiger partial charge in [0.25, 0.3) is 15.9 Å². The van der Waals surface area contributed by atoms with E-state index in [2.05, 4.69) is 25.1 Å². The smallest absolute Gasteiger partial charge is 0.264 e. The van der Waals surface area contributed by atoms with E-state index in [9.17, 15) is 13.2 Å². The van der Waals surface area contributed by atoms with Gasteiger partial charge < -0.3 is 5.32 Å². The van der Waals surface area contributed by atoms with Gasteiger partial charge in [0.15, 0.2) is 0 Å². The molecular formula is C17H18N6O3S. The summed E-state index contributed by atoms with van der Waals surface area (Å²) in [7, 11) is -3.82. The Morgan fingerprint density at radius 1 is 1.15 bits per heavy atom. The molecule has 0 unspecified atom stereocenters. The zero-order valence-electron chi connectivity index (χ0n) is 14.7. The SMILES string of the molecule is CCn1ncc(C(=O)Nc2ccc(S(=O)(=O)Nc3ncccn3)cc2)c1C. The van der Waals surface area contributed by atoms with Gasteiger partial charge in [0.2, 0.25) is 5.95 Å². The van der Waals surface area contributed by atoms with E-state index in [4.69, 9.17) is 0 Å². The number of hydrogen-bond acceptors (Lipinski definition) is 6. The Balaban J connectivity index is 1.73. The highest BCUT2D eigenvalue weighted by Crippen LogP contribution is 2.17. The van der Waals surface area contributed by atoms with Gasteiger partial charge in [-0.05, 0) is 44.2 Å². The number of nitrogens with zero attached hydrogens (tertiary/aromatic N) is 4. The molecule has 0 radical (unpaired) electrons. The summed E-state index contributed by atoms with van der Waals surface area (Å²) in [6.07, 6.45) is 4.38. The predicted octanol–water partition coefficient (Wildman–Crippen LogP) is 2.05. The summed E-state index contributed by atoms with van der Waals surface area (Å²) < 4.78 is 28.7. The highest BCUT2D eigenvalue weighted by atomic mass is 32.2. The minimum atomic E-state index is -3.82. The summed E-state index contributed by atoms with van der Waals surface area (Å²) in [5.74, 6) is -0.322. The summed E-state index contributed by atoms with van der Waals surface area (Å²) in [4.78, 5) is 20.1. The van der Waals surface area contributed by atoms with Crippen LogP contribution in [0.25, 0.3) is 0 Å². The van der Waals surface area contributed by atoms with E-state index < -0.39 is 10.0 Å². The highest BCUT2D eigenvalue weighted by Gasteiger charge is 2.17. The molecule has 0 aliphatic rings. The van der Waals surface area contributed by atoms with Gasteiger partial charge in [-0.2, -0.15) is 5.10 Å². The molecule has 3 aromatic rings. The Morgan fingerprint density at radius 2 is 1.81 bits per heavy atom. The summed E-state index contributed by atoms with van der Waals surface area (Å²) in [5, 5.41) is 6.87. The molecular weight excluding hydrogens is 368 g/mol. The summed E-state index contributed by atoms with van der Waals surface area (Å²) >= 11 is 0. The van der Waals surface area contributed by atoms with Crippen molar-refractivity contribution in [2.24, 2.45) is 0 Å². The molecule has 0 aliphatic heterocycles. The first-order valence-electron chi connectivity index (χ1n) is 8.14. The number of hydrogen-bond donors (Lipinski definition) is 2. The van der Waals surface area contributed by atoms with Gasteiger partial charge in [0, 0.05) is 30.3 Å². The Kier molecular flexibility index (Phi) is 5.17. The maximum Gasteiger partial charge on any atom is 0.264 e. The lowest BCUT2D eigenvalue weighted by Crippen LogP contribution is -2.15. The second kappa shape index (κ2) is 7.54. The normalized spacial score (nSPS) is 11.2. The van der Waals surface area contributed by atoms with Crippen LogP contribution in [-0.2, 0) is 16.6 Å². The minimum absolute atomic E-state index is 0.0155. The molecule has 0 saturated heterocycles. The van der Waals surface area contributed by atoms with Crippen LogP contribution in [0.5, 0.6) is 0 Å². The fourth-order valence-electron chi connectivity index (χ4n) is 2.43. The number of sulfonamides is 1. The Bertz CT molecular complexity index is 1050. The molecule has 0 atom stereocenters. The first-order valence-corrected chi connectivity index (χ1v) is 9.62. The van der Waals surface area contributed by atoms with Crippen molar-refractivity contribution in [1.82, 2.24) is 19.7 Å². The molecule has 0 bridgehead atoms. The molecule has 3 rings (SSSR count). The van der Waals surface area contributed by atoms with Gasteiger partial charge in [0.05, 0.1) is 16.7 Å². The van der Waals surface area contributed by atoms with Crippen LogP contribution in [0.2, 0.25) is 0 Å². The number of anilines is 2. The van der Waals surface area contributed by atoms with Gasteiger partial charge in [-0.15, -0.1) is 0 Å². The van der Waals surface area contributed by atoms with Crippen molar-refractivity contribution in [3.8, 4) is 0 Å². The van der Waals surface area contributed by atoms with Crippen molar-refractivity contribution in [3.05, 3.63) is 60.2 Å². The first-order chi connectivity index (χ1) is 12.9. The Labute approximate surface area is 156 Å². The van der Waals surface area contributed by atoms with Crippen molar-refractivity contribution in [2.45, 2.75) is 25.3 Å². The maximum absolute atomic E-state index is 12.4. The number of carbonyl (C=O) groups is 1. The van der Waals surface area contributed by atoms with Crippen LogP contribution in [0.1, 0.15) is 23.0 Å². The minimum Gasteiger partial charge on any atom is -0.322 e. The topological polar surface area (TPSA) is 119 Å². The van der Waals surface area contributed by atoms with Crippen LogP contribution in [0.3, 0.4) is 0 Å². The molecule has 0 saturated carbocycles. The number of rotatable bonds is 6. The molecule has 1 aromatic carbocycles. The number of nitrogens with one attached hydrogen (secondary N) is 2. The van der Waals surface area contributed by atoms with Crippen LogP contribution >= 0.6 is 0 Å². The predicted molar refractivity (Wildman–Crippen MR) is 99.9 cm³/mol. The second-order valence-electron chi connectivity index (χ2n) is 5.62. The lowest BCUT2D eigenvalue weighted by Gasteiger charge is -2.08. The molecule has 9 nitrogen and oxygen atoms in total. The number of benzene rings is 1. The molecule has 1 amide bonds. The fourth-order valence-corrected chi connectivity index (χ4v) is 3.39. The molecule has 0 fully saturated rings. The third kappa shape index (κ3) is 4.11. The van der Waals surface area contributed by atoms with Crippen LogP contribution in [0, 0.1) is 6.92 Å². The van der Waals surface area contributed by atoms with Crippen LogP contribution in [-0.4, -0.2) is 34.1 Å². The van der Waals surface area contributed by atoms with Crippen LogP contribution < -0.4 is 10.0 Å². The summed E-state index contributed by atoms with van der Waals surface area (Å²) in [5.41, 5.74) is 1.70. The third-order valence-electron chi connectivity index (χ3n) is 3.86. The van der Waals surface area contributed by atoms with Gasteiger partial charge in [-0.3, -0.25) is 9.48 Å². The molecule has 2 heterocycles. The Hall–Kier alpha value is -3.27. The van der Waals surface area contributed by atoms with E-state index in [-0.39, 0.29) is 16.8 Å². The molecule has 140 valence electrons. The molecule has 10 heteroatoms. The average molecular weight is 386 g/mol. The van der Waals surface area contributed by atoms with E-state index in [0.29, 0.717) is 17.8 Å². The van der Waals surface area contributed by atoms with E-state index in [1.807, 2.05) is 13.8 Å². The van der Waals surface area contributed by atoms with Gasteiger partial charge >= 0.3 is 0 Å². The third-order valence-corrected chi connectivity index (χ3v) is 5.21. The lowest BCUT2D eigenvalue weighted by molar-refractivity contribution is 0.102.